The fourth-order valence-corrected chi connectivity index (χ4v) is 3.54. The smallest absolute Gasteiger partial charge is 0.303 e. The molecule has 6 atom stereocenters. The molecule has 126 valence electrons. The van der Waals surface area contributed by atoms with Crippen LogP contribution in [0.2, 0.25) is 0 Å². The lowest BCUT2D eigenvalue weighted by Crippen LogP contribution is -2.41. The van der Waals surface area contributed by atoms with Crippen LogP contribution in [0.1, 0.15) is 53.9 Å². The van der Waals surface area contributed by atoms with E-state index in [1.54, 1.807) is 0 Å². The molecule has 1 saturated carbocycles. The predicted octanol–water partition coefficient (Wildman–Crippen LogP) is 3.70. The van der Waals surface area contributed by atoms with Crippen LogP contribution >= 0.6 is 0 Å². The number of carbonyl (C=O) groups is 1. The molecule has 1 heterocycles. The molecule has 0 aromatic heterocycles. The van der Waals surface area contributed by atoms with Gasteiger partial charge in [-0.2, -0.15) is 0 Å². The fraction of sp³-hybridized carbons (Fsp3) is 0.833. The molecule has 4 nitrogen and oxygen atoms in total. The van der Waals surface area contributed by atoms with Crippen LogP contribution < -0.4 is 0 Å². The number of ether oxygens (including phenoxy) is 3. The van der Waals surface area contributed by atoms with E-state index in [1.165, 1.54) is 19.8 Å². The first-order valence-electron chi connectivity index (χ1n) is 8.53. The zero-order valence-corrected chi connectivity index (χ0v) is 14.5. The molecular weight excluding hydrogens is 280 g/mol. The van der Waals surface area contributed by atoms with Crippen LogP contribution in [0.4, 0.5) is 0 Å². The van der Waals surface area contributed by atoms with Crippen LogP contribution in [0.15, 0.2) is 12.2 Å². The quantitative estimate of drug-likeness (QED) is 0.587. The van der Waals surface area contributed by atoms with Gasteiger partial charge >= 0.3 is 5.97 Å². The van der Waals surface area contributed by atoms with E-state index in [4.69, 9.17) is 14.2 Å². The van der Waals surface area contributed by atoms with Crippen LogP contribution in [-0.2, 0) is 19.0 Å². The predicted molar refractivity (Wildman–Crippen MR) is 85.2 cm³/mol. The highest BCUT2D eigenvalue weighted by molar-refractivity contribution is 5.66. The van der Waals surface area contributed by atoms with Crippen molar-refractivity contribution in [1.29, 1.82) is 0 Å². The summed E-state index contributed by atoms with van der Waals surface area (Å²) in [6.45, 7) is 10.2. The van der Waals surface area contributed by atoms with Gasteiger partial charge in [-0.1, -0.05) is 27.2 Å². The minimum atomic E-state index is -0.335. The van der Waals surface area contributed by atoms with Gasteiger partial charge in [-0.15, -0.1) is 0 Å². The summed E-state index contributed by atoms with van der Waals surface area (Å²) in [6.07, 6.45) is 6.79. The average molecular weight is 310 g/mol. The molecular formula is C18H30O4. The van der Waals surface area contributed by atoms with E-state index in [0.29, 0.717) is 17.8 Å². The Kier molecular flexibility index (Phi) is 6.04. The molecule has 0 unspecified atom stereocenters. The number of hydrogen-bond donors (Lipinski definition) is 0. The van der Waals surface area contributed by atoms with E-state index in [0.717, 1.165) is 6.42 Å². The van der Waals surface area contributed by atoms with Crippen molar-refractivity contribution in [2.75, 3.05) is 0 Å². The van der Waals surface area contributed by atoms with Gasteiger partial charge in [-0.05, 0) is 49.7 Å². The van der Waals surface area contributed by atoms with Crippen LogP contribution in [0.3, 0.4) is 0 Å². The third-order valence-corrected chi connectivity index (χ3v) is 4.84. The van der Waals surface area contributed by atoms with Crippen LogP contribution in [-0.4, -0.2) is 30.6 Å². The van der Waals surface area contributed by atoms with Gasteiger partial charge in [0.05, 0.1) is 12.2 Å². The topological polar surface area (TPSA) is 44.8 Å². The Morgan fingerprint density at radius 1 is 1.23 bits per heavy atom. The highest BCUT2D eigenvalue weighted by Gasteiger charge is 2.35. The standard InChI is InChI=1S/C18H30O4/c1-11(2)15-7-6-12(3)10-17(15)22-18-9-8-16(13(4)20-18)21-14(5)19/h8-9,11-13,15-18H,6-7,10H2,1-5H3/t12-,13+,15+,16-,17-,18-/m1/s1. The molecule has 0 aromatic carbocycles. The van der Waals surface area contributed by atoms with E-state index >= 15 is 0 Å². The van der Waals surface area contributed by atoms with Crippen molar-refractivity contribution in [2.45, 2.75) is 78.5 Å². The molecule has 0 spiro atoms. The summed E-state index contributed by atoms with van der Waals surface area (Å²) in [5, 5.41) is 0. The van der Waals surface area contributed by atoms with Gasteiger partial charge < -0.3 is 14.2 Å². The average Bonchev–Trinajstić information content (AvgIpc) is 2.41. The first-order chi connectivity index (χ1) is 10.4. The van der Waals surface area contributed by atoms with E-state index < -0.39 is 0 Å². The largest absolute Gasteiger partial charge is 0.456 e. The van der Waals surface area contributed by atoms with Gasteiger partial charge in [0.25, 0.3) is 0 Å². The zero-order valence-electron chi connectivity index (χ0n) is 14.5. The summed E-state index contributed by atoms with van der Waals surface area (Å²) in [5.41, 5.74) is 0. The SMILES string of the molecule is CC(=O)O[C@@H]1C=C[C@@H](O[C@@H]2C[C@H](C)CC[C@H]2C(C)C)O[C@H]1C. The molecule has 2 aliphatic rings. The van der Waals surface area contributed by atoms with Crippen molar-refractivity contribution >= 4 is 5.97 Å². The van der Waals surface area contributed by atoms with Crippen LogP contribution in [0.5, 0.6) is 0 Å². The highest BCUT2D eigenvalue weighted by atomic mass is 16.7. The first-order valence-corrected chi connectivity index (χ1v) is 8.53. The summed E-state index contributed by atoms with van der Waals surface area (Å²) in [7, 11) is 0. The van der Waals surface area contributed by atoms with E-state index in [1.807, 2.05) is 19.1 Å². The summed E-state index contributed by atoms with van der Waals surface area (Å²) >= 11 is 0. The third kappa shape index (κ3) is 4.56. The second-order valence-corrected chi connectivity index (χ2v) is 7.17. The number of rotatable bonds is 4. The lowest BCUT2D eigenvalue weighted by atomic mass is 9.75. The Morgan fingerprint density at radius 2 is 1.95 bits per heavy atom. The maximum Gasteiger partial charge on any atom is 0.303 e. The first kappa shape index (κ1) is 17.5. The van der Waals surface area contributed by atoms with Gasteiger partial charge in [0.15, 0.2) is 6.29 Å². The maximum atomic E-state index is 11.1. The summed E-state index contributed by atoms with van der Waals surface area (Å²) in [6, 6.07) is 0. The monoisotopic (exact) mass is 310 g/mol. The molecule has 1 aliphatic heterocycles. The number of esters is 1. The molecule has 0 bridgehead atoms. The summed E-state index contributed by atoms with van der Waals surface area (Å²) in [4.78, 5) is 11.1. The molecule has 0 radical (unpaired) electrons. The fourth-order valence-electron chi connectivity index (χ4n) is 3.54. The lowest BCUT2D eigenvalue weighted by Gasteiger charge is -2.40. The molecule has 1 fully saturated rings. The Morgan fingerprint density at radius 3 is 2.55 bits per heavy atom. The molecule has 1 aliphatic carbocycles. The van der Waals surface area contributed by atoms with Gasteiger partial charge in [-0.3, -0.25) is 4.79 Å². The van der Waals surface area contributed by atoms with Crippen molar-refractivity contribution in [1.82, 2.24) is 0 Å². The van der Waals surface area contributed by atoms with Gasteiger partial charge in [-0.25, -0.2) is 0 Å². The Hall–Kier alpha value is -0.870. The van der Waals surface area contributed by atoms with Crippen LogP contribution in [0.25, 0.3) is 0 Å². The van der Waals surface area contributed by atoms with Crippen molar-refractivity contribution in [3.05, 3.63) is 12.2 Å². The van der Waals surface area contributed by atoms with Crippen molar-refractivity contribution in [2.24, 2.45) is 17.8 Å². The minimum Gasteiger partial charge on any atom is -0.456 e. The summed E-state index contributed by atoms with van der Waals surface area (Å²) in [5.74, 6) is 1.63. The molecule has 0 saturated heterocycles. The molecule has 0 N–H and O–H groups in total. The molecule has 0 amide bonds. The highest BCUT2D eigenvalue weighted by Crippen LogP contribution is 2.36. The minimum absolute atomic E-state index is 0.183. The second kappa shape index (κ2) is 7.60. The number of hydrogen-bond acceptors (Lipinski definition) is 4. The van der Waals surface area contributed by atoms with E-state index in [-0.39, 0.29) is 30.6 Å². The third-order valence-electron chi connectivity index (χ3n) is 4.84. The van der Waals surface area contributed by atoms with Crippen LogP contribution in [0, 0.1) is 17.8 Å². The number of carbonyl (C=O) groups excluding carboxylic acids is 1. The normalized spacial score (nSPS) is 39.0. The molecule has 22 heavy (non-hydrogen) atoms. The maximum absolute atomic E-state index is 11.1. The van der Waals surface area contributed by atoms with Gasteiger partial charge in [0.1, 0.15) is 6.10 Å². The van der Waals surface area contributed by atoms with Crippen molar-refractivity contribution in [3.63, 3.8) is 0 Å². The Labute approximate surface area is 134 Å². The van der Waals surface area contributed by atoms with Crippen molar-refractivity contribution in [3.8, 4) is 0 Å². The molecule has 4 heteroatoms. The van der Waals surface area contributed by atoms with E-state index in [9.17, 15) is 4.79 Å². The summed E-state index contributed by atoms with van der Waals surface area (Å²) < 4.78 is 17.3. The van der Waals surface area contributed by atoms with Gasteiger partial charge in [0.2, 0.25) is 0 Å². The molecule has 2 rings (SSSR count). The zero-order chi connectivity index (χ0) is 16.3. The van der Waals surface area contributed by atoms with Gasteiger partial charge in [0, 0.05) is 6.92 Å². The van der Waals surface area contributed by atoms with Crippen molar-refractivity contribution < 1.29 is 19.0 Å². The molecule has 0 aromatic rings. The Balaban J connectivity index is 1.96. The second-order valence-electron chi connectivity index (χ2n) is 7.17. The lowest BCUT2D eigenvalue weighted by molar-refractivity contribution is -0.210. The Bertz CT molecular complexity index is 404. The van der Waals surface area contributed by atoms with E-state index in [2.05, 4.69) is 20.8 Å².